The van der Waals surface area contributed by atoms with Crippen LogP contribution in [-0.4, -0.2) is 37.4 Å². The SMILES string of the molecule is Cc1occc1C(=O)N/N=C\c1ccc(N(C)CCO)cc1. The van der Waals surface area contributed by atoms with Gasteiger partial charge in [0.05, 0.1) is 24.6 Å². The molecule has 0 radical (unpaired) electrons. The molecule has 0 saturated heterocycles. The lowest BCUT2D eigenvalue weighted by Gasteiger charge is -2.17. The van der Waals surface area contributed by atoms with Gasteiger partial charge in [-0.05, 0) is 30.7 Å². The minimum atomic E-state index is -0.304. The number of nitrogens with one attached hydrogen (secondary N) is 1. The molecular formula is C16H19N3O3. The van der Waals surface area contributed by atoms with Gasteiger partial charge >= 0.3 is 0 Å². The van der Waals surface area contributed by atoms with Crippen molar-refractivity contribution in [1.82, 2.24) is 5.43 Å². The summed E-state index contributed by atoms with van der Waals surface area (Å²) in [5.74, 6) is 0.255. The highest BCUT2D eigenvalue weighted by Gasteiger charge is 2.09. The molecule has 0 aliphatic heterocycles. The van der Waals surface area contributed by atoms with Gasteiger partial charge in [0.1, 0.15) is 5.76 Å². The fourth-order valence-corrected chi connectivity index (χ4v) is 1.94. The molecule has 0 aliphatic rings. The molecule has 22 heavy (non-hydrogen) atoms. The molecule has 0 aliphatic carbocycles. The van der Waals surface area contributed by atoms with Crippen molar-refractivity contribution in [2.24, 2.45) is 5.10 Å². The number of aliphatic hydroxyl groups excluding tert-OH is 1. The first-order valence-corrected chi connectivity index (χ1v) is 6.91. The topological polar surface area (TPSA) is 78.1 Å². The number of likely N-dealkylation sites (N-methyl/N-ethyl adjacent to an activating group) is 1. The maximum Gasteiger partial charge on any atom is 0.274 e. The van der Waals surface area contributed by atoms with E-state index in [0.717, 1.165) is 11.3 Å². The number of aliphatic hydroxyl groups is 1. The van der Waals surface area contributed by atoms with Gasteiger partial charge in [-0.25, -0.2) is 5.43 Å². The zero-order valence-electron chi connectivity index (χ0n) is 12.6. The molecule has 6 heteroatoms. The van der Waals surface area contributed by atoms with Crippen molar-refractivity contribution in [3.63, 3.8) is 0 Å². The van der Waals surface area contributed by atoms with Crippen LogP contribution in [0.1, 0.15) is 21.7 Å². The molecule has 0 fully saturated rings. The summed E-state index contributed by atoms with van der Waals surface area (Å²) in [6.45, 7) is 2.41. The van der Waals surface area contributed by atoms with Crippen molar-refractivity contribution in [3.8, 4) is 0 Å². The summed E-state index contributed by atoms with van der Waals surface area (Å²) >= 11 is 0. The van der Waals surface area contributed by atoms with Crippen LogP contribution >= 0.6 is 0 Å². The van der Waals surface area contributed by atoms with Gasteiger partial charge in [-0.2, -0.15) is 5.10 Å². The maximum atomic E-state index is 11.8. The first kappa shape index (κ1) is 15.8. The quantitative estimate of drug-likeness (QED) is 0.630. The first-order chi connectivity index (χ1) is 10.6. The summed E-state index contributed by atoms with van der Waals surface area (Å²) in [7, 11) is 1.91. The summed E-state index contributed by atoms with van der Waals surface area (Å²) in [5, 5.41) is 12.8. The lowest BCUT2D eigenvalue weighted by molar-refractivity contribution is 0.0953. The smallest absolute Gasteiger partial charge is 0.274 e. The van der Waals surface area contributed by atoms with Gasteiger partial charge in [-0.15, -0.1) is 0 Å². The van der Waals surface area contributed by atoms with Gasteiger partial charge < -0.3 is 14.4 Å². The maximum absolute atomic E-state index is 11.8. The molecule has 6 nitrogen and oxygen atoms in total. The van der Waals surface area contributed by atoms with Crippen molar-refractivity contribution in [2.75, 3.05) is 25.1 Å². The number of carbonyl (C=O) groups excluding carboxylic acids is 1. The normalized spacial score (nSPS) is 10.9. The van der Waals surface area contributed by atoms with Crippen LogP contribution < -0.4 is 10.3 Å². The second-order valence-electron chi connectivity index (χ2n) is 4.83. The Labute approximate surface area is 129 Å². The molecule has 2 rings (SSSR count). The van der Waals surface area contributed by atoms with Gasteiger partial charge in [-0.3, -0.25) is 4.79 Å². The number of aryl methyl sites for hydroxylation is 1. The van der Waals surface area contributed by atoms with E-state index in [-0.39, 0.29) is 12.5 Å². The minimum absolute atomic E-state index is 0.110. The molecule has 1 heterocycles. The van der Waals surface area contributed by atoms with Crippen molar-refractivity contribution >= 4 is 17.8 Å². The lowest BCUT2D eigenvalue weighted by Crippen LogP contribution is -2.20. The molecule has 1 aromatic carbocycles. The molecule has 0 atom stereocenters. The van der Waals surface area contributed by atoms with Crippen LogP contribution in [0.15, 0.2) is 46.1 Å². The first-order valence-electron chi connectivity index (χ1n) is 6.91. The second-order valence-corrected chi connectivity index (χ2v) is 4.83. The number of furan rings is 1. The van der Waals surface area contributed by atoms with Crippen LogP contribution in [0.4, 0.5) is 5.69 Å². The number of hydrogen-bond donors (Lipinski definition) is 2. The second kappa shape index (κ2) is 7.42. The summed E-state index contributed by atoms with van der Waals surface area (Å²) < 4.78 is 5.07. The number of rotatable bonds is 6. The Hall–Kier alpha value is -2.60. The zero-order valence-corrected chi connectivity index (χ0v) is 12.6. The Morgan fingerprint density at radius 2 is 2.09 bits per heavy atom. The molecule has 2 N–H and O–H groups in total. The average Bonchev–Trinajstić information content (AvgIpc) is 2.94. The van der Waals surface area contributed by atoms with E-state index >= 15 is 0 Å². The Morgan fingerprint density at radius 3 is 2.68 bits per heavy atom. The highest BCUT2D eigenvalue weighted by atomic mass is 16.3. The van der Waals surface area contributed by atoms with Crippen molar-refractivity contribution in [3.05, 3.63) is 53.5 Å². The highest BCUT2D eigenvalue weighted by Crippen LogP contribution is 2.12. The molecule has 0 unspecified atom stereocenters. The summed E-state index contributed by atoms with van der Waals surface area (Å²) in [4.78, 5) is 13.8. The molecular weight excluding hydrogens is 282 g/mol. The van der Waals surface area contributed by atoms with E-state index in [1.165, 1.54) is 6.26 Å². The van der Waals surface area contributed by atoms with Crippen LogP contribution in [0.3, 0.4) is 0 Å². The molecule has 1 aromatic heterocycles. The number of carbonyl (C=O) groups is 1. The van der Waals surface area contributed by atoms with Crippen molar-refractivity contribution < 1.29 is 14.3 Å². The number of anilines is 1. The largest absolute Gasteiger partial charge is 0.469 e. The van der Waals surface area contributed by atoms with E-state index in [2.05, 4.69) is 10.5 Å². The van der Waals surface area contributed by atoms with Crippen LogP contribution in [0.25, 0.3) is 0 Å². The predicted octanol–water partition coefficient (Wildman–Crippen LogP) is 1.78. The third kappa shape index (κ3) is 3.95. The monoisotopic (exact) mass is 301 g/mol. The Kier molecular flexibility index (Phi) is 5.32. The molecule has 2 aromatic rings. The van der Waals surface area contributed by atoms with Gasteiger partial charge in [0.2, 0.25) is 0 Å². The van der Waals surface area contributed by atoms with E-state index in [0.29, 0.717) is 17.9 Å². The molecule has 0 bridgehead atoms. The van der Waals surface area contributed by atoms with E-state index in [1.807, 2.05) is 36.2 Å². The molecule has 116 valence electrons. The average molecular weight is 301 g/mol. The zero-order chi connectivity index (χ0) is 15.9. The molecule has 1 amide bonds. The number of hydrazone groups is 1. The third-order valence-corrected chi connectivity index (χ3v) is 3.25. The van der Waals surface area contributed by atoms with Crippen LogP contribution in [-0.2, 0) is 0 Å². The predicted molar refractivity (Wildman–Crippen MR) is 85.3 cm³/mol. The standard InChI is InChI=1S/C16H19N3O3/c1-12-15(7-10-22-12)16(21)18-17-11-13-3-5-14(6-4-13)19(2)8-9-20/h3-7,10-11,20H,8-9H2,1-2H3,(H,18,21)/b17-11-. The Balaban J connectivity index is 1.93. The summed E-state index contributed by atoms with van der Waals surface area (Å²) in [6, 6.07) is 9.24. The lowest BCUT2D eigenvalue weighted by atomic mass is 10.2. The Bertz CT molecular complexity index is 647. The number of benzene rings is 1. The highest BCUT2D eigenvalue weighted by molar-refractivity contribution is 5.95. The molecule has 0 spiro atoms. The number of hydrogen-bond acceptors (Lipinski definition) is 5. The van der Waals surface area contributed by atoms with Crippen LogP contribution in [0.5, 0.6) is 0 Å². The summed E-state index contributed by atoms with van der Waals surface area (Å²) in [6.07, 6.45) is 3.04. The van der Waals surface area contributed by atoms with E-state index in [9.17, 15) is 4.79 Å². The van der Waals surface area contributed by atoms with Crippen molar-refractivity contribution in [1.29, 1.82) is 0 Å². The van der Waals surface area contributed by atoms with Crippen molar-refractivity contribution in [2.45, 2.75) is 6.92 Å². The van der Waals surface area contributed by atoms with Gasteiger partial charge in [0.25, 0.3) is 5.91 Å². The van der Waals surface area contributed by atoms with Gasteiger partial charge in [0, 0.05) is 19.3 Å². The van der Waals surface area contributed by atoms with Gasteiger partial charge in [0.15, 0.2) is 0 Å². The van der Waals surface area contributed by atoms with Crippen LogP contribution in [0, 0.1) is 6.92 Å². The van der Waals surface area contributed by atoms with E-state index in [4.69, 9.17) is 9.52 Å². The van der Waals surface area contributed by atoms with E-state index in [1.54, 1.807) is 19.2 Å². The Morgan fingerprint density at radius 1 is 1.36 bits per heavy atom. The minimum Gasteiger partial charge on any atom is -0.469 e. The molecule has 0 saturated carbocycles. The number of amides is 1. The number of nitrogens with zero attached hydrogens (tertiary/aromatic N) is 2. The third-order valence-electron chi connectivity index (χ3n) is 3.25. The fraction of sp³-hybridized carbons (Fsp3) is 0.250. The van der Waals surface area contributed by atoms with Crippen LogP contribution in [0.2, 0.25) is 0 Å². The fourth-order valence-electron chi connectivity index (χ4n) is 1.94. The van der Waals surface area contributed by atoms with Gasteiger partial charge in [-0.1, -0.05) is 12.1 Å². The van der Waals surface area contributed by atoms with E-state index < -0.39 is 0 Å². The summed E-state index contributed by atoms with van der Waals surface area (Å²) in [5.41, 5.74) is 4.80.